The second-order valence-corrected chi connectivity index (χ2v) is 5.39. The highest BCUT2D eigenvalue weighted by molar-refractivity contribution is 5.93. The van der Waals surface area contributed by atoms with E-state index in [1.807, 2.05) is 0 Å². The molecule has 8 heteroatoms. The lowest BCUT2D eigenvalue weighted by Crippen LogP contribution is -2.28. The molecule has 0 atom stereocenters. The number of methoxy groups -OCH3 is 1. The fourth-order valence-corrected chi connectivity index (χ4v) is 2.26. The molecule has 0 radical (unpaired) electrons. The number of aromatic nitrogens is 1. The molecule has 0 bridgehead atoms. The van der Waals surface area contributed by atoms with Crippen LogP contribution >= 0.6 is 0 Å². The number of rotatable bonds is 6. The van der Waals surface area contributed by atoms with Gasteiger partial charge in [0.05, 0.1) is 7.11 Å². The van der Waals surface area contributed by atoms with E-state index in [2.05, 4.69) is 4.74 Å². The highest BCUT2D eigenvalue weighted by Gasteiger charge is 2.16. The molecular formula is C17H18F2N2O4. The van der Waals surface area contributed by atoms with Crippen LogP contribution in [0.25, 0.3) is 0 Å². The van der Waals surface area contributed by atoms with Gasteiger partial charge in [0.15, 0.2) is 11.5 Å². The lowest BCUT2D eigenvalue weighted by atomic mass is 10.1. The van der Waals surface area contributed by atoms with Gasteiger partial charge in [-0.15, -0.1) is 0 Å². The van der Waals surface area contributed by atoms with Crippen molar-refractivity contribution in [3.8, 4) is 11.5 Å². The third-order valence-electron chi connectivity index (χ3n) is 3.56. The first-order valence-electron chi connectivity index (χ1n) is 7.35. The number of carbonyl (C=O) groups excluding carboxylic acids is 1. The molecule has 0 aliphatic heterocycles. The van der Waals surface area contributed by atoms with Crippen molar-refractivity contribution in [3.63, 3.8) is 0 Å². The Balaban J connectivity index is 2.18. The van der Waals surface area contributed by atoms with Crippen LogP contribution in [0.15, 0.2) is 41.3 Å². The highest BCUT2D eigenvalue weighted by atomic mass is 19.3. The average molecular weight is 352 g/mol. The first kappa shape index (κ1) is 18.4. The summed E-state index contributed by atoms with van der Waals surface area (Å²) in [4.78, 5) is 25.4. The van der Waals surface area contributed by atoms with Crippen LogP contribution in [-0.2, 0) is 13.6 Å². The van der Waals surface area contributed by atoms with Gasteiger partial charge in [0.25, 0.3) is 11.5 Å². The van der Waals surface area contributed by atoms with Crippen molar-refractivity contribution < 1.29 is 23.0 Å². The van der Waals surface area contributed by atoms with Crippen molar-refractivity contribution in [3.05, 3.63) is 58.0 Å². The molecule has 0 saturated heterocycles. The number of benzene rings is 1. The predicted molar refractivity (Wildman–Crippen MR) is 87.1 cm³/mol. The molecule has 0 spiro atoms. The molecule has 6 nitrogen and oxygen atoms in total. The summed E-state index contributed by atoms with van der Waals surface area (Å²) in [6.07, 6.45) is 1.51. The summed E-state index contributed by atoms with van der Waals surface area (Å²) in [5.74, 6) is -0.293. The molecule has 1 aromatic carbocycles. The number of hydrogen-bond acceptors (Lipinski definition) is 4. The molecule has 0 fully saturated rings. The van der Waals surface area contributed by atoms with Gasteiger partial charge in [-0.05, 0) is 23.8 Å². The Hall–Kier alpha value is -2.90. The quantitative estimate of drug-likeness (QED) is 0.800. The summed E-state index contributed by atoms with van der Waals surface area (Å²) >= 11 is 0. The first-order chi connectivity index (χ1) is 11.8. The van der Waals surface area contributed by atoms with Crippen LogP contribution in [0.3, 0.4) is 0 Å². The predicted octanol–water partition coefficient (Wildman–Crippen LogP) is 2.27. The van der Waals surface area contributed by atoms with Crippen LogP contribution < -0.4 is 15.0 Å². The van der Waals surface area contributed by atoms with Crippen molar-refractivity contribution in [2.45, 2.75) is 13.2 Å². The van der Waals surface area contributed by atoms with E-state index in [4.69, 9.17) is 4.74 Å². The average Bonchev–Trinajstić information content (AvgIpc) is 2.56. The zero-order valence-electron chi connectivity index (χ0n) is 14.0. The van der Waals surface area contributed by atoms with Crippen LogP contribution in [0.1, 0.15) is 15.9 Å². The topological polar surface area (TPSA) is 60.8 Å². The minimum Gasteiger partial charge on any atom is -0.493 e. The number of nitrogens with zero attached hydrogens (tertiary/aromatic N) is 2. The van der Waals surface area contributed by atoms with E-state index in [9.17, 15) is 18.4 Å². The minimum absolute atomic E-state index is 0.107. The number of ether oxygens (including phenoxy) is 2. The summed E-state index contributed by atoms with van der Waals surface area (Å²) in [6.45, 7) is -2.83. The summed E-state index contributed by atoms with van der Waals surface area (Å²) in [6, 6.07) is 7.31. The van der Waals surface area contributed by atoms with Crippen LogP contribution in [-0.4, -0.2) is 36.1 Å². The number of pyridine rings is 1. The Bertz CT molecular complexity index is 821. The number of amides is 1. The van der Waals surface area contributed by atoms with Crippen LogP contribution in [0.4, 0.5) is 8.78 Å². The number of halogens is 2. The summed E-state index contributed by atoms with van der Waals surface area (Å²) in [5, 5.41) is 0. The Morgan fingerprint density at radius 3 is 2.56 bits per heavy atom. The van der Waals surface area contributed by atoms with Crippen LogP contribution in [0.5, 0.6) is 11.5 Å². The first-order valence-corrected chi connectivity index (χ1v) is 7.35. The molecule has 0 N–H and O–H groups in total. The van der Waals surface area contributed by atoms with E-state index < -0.39 is 6.61 Å². The number of aryl methyl sites for hydroxylation is 1. The molecule has 1 aromatic heterocycles. The van der Waals surface area contributed by atoms with Gasteiger partial charge in [-0.3, -0.25) is 9.59 Å². The van der Waals surface area contributed by atoms with Gasteiger partial charge < -0.3 is 18.9 Å². The van der Waals surface area contributed by atoms with E-state index in [1.165, 1.54) is 41.0 Å². The number of carbonyl (C=O) groups is 1. The fraction of sp³-hybridized carbons (Fsp3) is 0.294. The van der Waals surface area contributed by atoms with Crippen molar-refractivity contribution in [2.24, 2.45) is 7.05 Å². The monoisotopic (exact) mass is 352 g/mol. The molecule has 25 heavy (non-hydrogen) atoms. The van der Waals surface area contributed by atoms with Crippen molar-refractivity contribution in [1.82, 2.24) is 9.47 Å². The summed E-state index contributed by atoms with van der Waals surface area (Å²) < 4.78 is 35.7. The van der Waals surface area contributed by atoms with Crippen LogP contribution in [0, 0.1) is 0 Å². The van der Waals surface area contributed by atoms with Gasteiger partial charge >= 0.3 is 6.61 Å². The van der Waals surface area contributed by atoms with E-state index in [0.29, 0.717) is 5.56 Å². The van der Waals surface area contributed by atoms with E-state index in [0.717, 1.165) is 0 Å². The Labute approximate surface area is 143 Å². The van der Waals surface area contributed by atoms with Gasteiger partial charge in [-0.25, -0.2) is 0 Å². The summed E-state index contributed by atoms with van der Waals surface area (Å²) in [7, 11) is 4.48. The Morgan fingerprint density at radius 2 is 1.96 bits per heavy atom. The molecule has 2 aromatic rings. The van der Waals surface area contributed by atoms with Crippen molar-refractivity contribution >= 4 is 5.91 Å². The normalized spacial score (nSPS) is 10.6. The fourth-order valence-electron chi connectivity index (χ4n) is 2.26. The Kier molecular flexibility index (Phi) is 5.74. The van der Waals surface area contributed by atoms with E-state index in [-0.39, 0.29) is 35.1 Å². The molecule has 1 amide bonds. The van der Waals surface area contributed by atoms with Gasteiger partial charge in [-0.1, -0.05) is 6.07 Å². The van der Waals surface area contributed by atoms with Crippen LogP contribution in [0.2, 0.25) is 0 Å². The van der Waals surface area contributed by atoms with Gasteiger partial charge in [0, 0.05) is 38.5 Å². The standard InChI is InChI=1S/C17H18F2N2O4/c1-20-7-6-12(9-15(20)22)16(23)21(2)10-11-4-5-13(24-3)14(8-11)25-17(18)19/h4-9,17H,10H2,1-3H3. The molecule has 0 aliphatic carbocycles. The molecular weight excluding hydrogens is 334 g/mol. The zero-order valence-corrected chi connectivity index (χ0v) is 14.0. The highest BCUT2D eigenvalue weighted by Crippen LogP contribution is 2.29. The lowest BCUT2D eigenvalue weighted by molar-refractivity contribution is -0.0512. The smallest absolute Gasteiger partial charge is 0.387 e. The largest absolute Gasteiger partial charge is 0.493 e. The third-order valence-corrected chi connectivity index (χ3v) is 3.56. The second-order valence-electron chi connectivity index (χ2n) is 5.39. The molecule has 2 rings (SSSR count). The van der Waals surface area contributed by atoms with Crippen molar-refractivity contribution in [1.29, 1.82) is 0 Å². The number of alkyl halides is 2. The maximum atomic E-state index is 12.5. The zero-order chi connectivity index (χ0) is 18.6. The maximum absolute atomic E-state index is 12.5. The lowest BCUT2D eigenvalue weighted by Gasteiger charge is -2.18. The van der Waals surface area contributed by atoms with Gasteiger partial charge in [0.1, 0.15) is 0 Å². The van der Waals surface area contributed by atoms with Gasteiger partial charge in [0.2, 0.25) is 0 Å². The molecule has 0 aliphatic rings. The van der Waals surface area contributed by atoms with E-state index in [1.54, 1.807) is 26.2 Å². The van der Waals surface area contributed by atoms with E-state index >= 15 is 0 Å². The Morgan fingerprint density at radius 1 is 1.24 bits per heavy atom. The molecule has 1 heterocycles. The minimum atomic E-state index is -2.98. The van der Waals surface area contributed by atoms with Crippen molar-refractivity contribution in [2.75, 3.05) is 14.2 Å². The third kappa shape index (κ3) is 4.56. The second kappa shape index (κ2) is 7.78. The molecule has 0 saturated carbocycles. The molecule has 134 valence electrons. The number of hydrogen-bond donors (Lipinski definition) is 0. The SMILES string of the molecule is COc1ccc(CN(C)C(=O)c2ccn(C)c(=O)c2)cc1OC(F)F. The van der Waals surface area contributed by atoms with Gasteiger partial charge in [-0.2, -0.15) is 8.78 Å². The summed E-state index contributed by atoms with van der Waals surface area (Å²) in [5.41, 5.74) is 0.538. The molecule has 0 unspecified atom stereocenters. The maximum Gasteiger partial charge on any atom is 0.387 e.